The molecule has 3 aliphatic rings. The molecule has 1 spiro atoms. The van der Waals surface area contributed by atoms with Crippen LogP contribution in [-0.2, 0) is 14.3 Å². The molecule has 6 nitrogen and oxygen atoms in total. The van der Waals surface area contributed by atoms with Crippen molar-refractivity contribution < 1.29 is 23.7 Å². The lowest BCUT2D eigenvalue weighted by Crippen LogP contribution is -2.68. The molecule has 0 bridgehead atoms. The van der Waals surface area contributed by atoms with Crippen molar-refractivity contribution in [2.75, 3.05) is 26.3 Å². The van der Waals surface area contributed by atoms with Gasteiger partial charge in [0, 0.05) is 13.1 Å². The normalized spacial score (nSPS) is 29.9. The van der Waals surface area contributed by atoms with Crippen LogP contribution in [0.3, 0.4) is 0 Å². The highest BCUT2D eigenvalue weighted by Crippen LogP contribution is 2.39. The summed E-state index contributed by atoms with van der Waals surface area (Å²) < 4.78 is 23.2. The van der Waals surface area contributed by atoms with E-state index in [1.165, 1.54) is 0 Å². The highest BCUT2D eigenvalue weighted by Gasteiger charge is 2.52. The van der Waals surface area contributed by atoms with E-state index in [0.717, 1.165) is 0 Å². The third-order valence-corrected chi connectivity index (χ3v) is 4.90. The first-order valence-corrected chi connectivity index (χ1v) is 8.37. The van der Waals surface area contributed by atoms with Crippen molar-refractivity contribution in [3.63, 3.8) is 0 Å². The average Bonchev–Trinajstić information content (AvgIpc) is 2.52. The monoisotopic (exact) mass is 333 g/mol. The Labute approximate surface area is 141 Å². The predicted octanol–water partition coefficient (Wildman–Crippen LogP) is 1.83. The second-order valence-electron chi connectivity index (χ2n) is 7.48. The number of hydrogen-bond donors (Lipinski definition) is 0. The highest BCUT2D eigenvalue weighted by atomic mass is 16.7. The Bertz CT molecular complexity index is 641. The first kappa shape index (κ1) is 15.7. The number of carbonyl (C=O) groups excluding carboxylic acids is 1. The van der Waals surface area contributed by atoms with Gasteiger partial charge in [-0.1, -0.05) is 12.1 Å². The van der Waals surface area contributed by atoms with Crippen LogP contribution in [0.5, 0.6) is 11.5 Å². The van der Waals surface area contributed by atoms with E-state index in [4.69, 9.17) is 18.9 Å². The van der Waals surface area contributed by atoms with Crippen LogP contribution in [0.1, 0.15) is 20.8 Å². The second-order valence-corrected chi connectivity index (χ2v) is 7.48. The summed E-state index contributed by atoms with van der Waals surface area (Å²) in [6.45, 7) is 8.19. The van der Waals surface area contributed by atoms with Crippen molar-refractivity contribution in [3.05, 3.63) is 24.3 Å². The van der Waals surface area contributed by atoms with Crippen LogP contribution in [0.4, 0.5) is 0 Å². The minimum absolute atomic E-state index is 0.0348. The molecule has 0 N–H and O–H groups in total. The molecule has 0 saturated carbocycles. The lowest BCUT2D eigenvalue weighted by Gasteiger charge is -2.54. The standard InChI is InChI=1S/C18H23NO5/c1-12-15(24-14-7-5-4-6-13(14)23-12)16(20)19-8-18(9-19)10-21-17(2,3)22-11-18/h4-7,12,15H,8-11H2,1-3H3/t12-,15+/m1/s1. The predicted molar refractivity (Wildman–Crippen MR) is 85.9 cm³/mol. The molecule has 3 aliphatic heterocycles. The van der Waals surface area contributed by atoms with Crippen LogP contribution in [0.25, 0.3) is 0 Å². The van der Waals surface area contributed by atoms with Crippen LogP contribution in [0.15, 0.2) is 24.3 Å². The summed E-state index contributed by atoms with van der Waals surface area (Å²) in [5.41, 5.74) is -0.0815. The Kier molecular flexibility index (Phi) is 3.51. The lowest BCUT2D eigenvalue weighted by molar-refractivity contribution is -0.303. The largest absolute Gasteiger partial charge is 0.482 e. The lowest BCUT2D eigenvalue weighted by atomic mass is 9.80. The van der Waals surface area contributed by atoms with E-state index in [2.05, 4.69) is 0 Å². The number of amides is 1. The van der Waals surface area contributed by atoms with Crippen molar-refractivity contribution in [3.8, 4) is 11.5 Å². The first-order valence-electron chi connectivity index (χ1n) is 8.37. The van der Waals surface area contributed by atoms with Gasteiger partial charge in [0.15, 0.2) is 17.3 Å². The van der Waals surface area contributed by atoms with Crippen LogP contribution in [0, 0.1) is 5.41 Å². The number of nitrogens with zero attached hydrogens (tertiary/aromatic N) is 1. The molecule has 1 aromatic rings. The van der Waals surface area contributed by atoms with Crippen molar-refractivity contribution in [2.24, 2.45) is 5.41 Å². The van der Waals surface area contributed by atoms with Crippen molar-refractivity contribution in [2.45, 2.75) is 38.8 Å². The number of hydrogen-bond acceptors (Lipinski definition) is 5. The maximum absolute atomic E-state index is 12.8. The van der Waals surface area contributed by atoms with Crippen molar-refractivity contribution in [1.82, 2.24) is 4.90 Å². The Morgan fingerprint density at radius 2 is 1.67 bits per heavy atom. The number of para-hydroxylation sites is 2. The van der Waals surface area contributed by atoms with E-state index < -0.39 is 11.9 Å². The molecule has 130 valence electrons. The number of ether oxygens (including phenoxy) is 4. The third kappa shape index (κ3) is 2.63. The smallest absolute Gasteiger partial charge is 0.267 e. The summed E-state index contributed by atoms with van der Waals surface area (Å²) in [6.07, 6.45) is -0.930. The molecule has 2 atom stereocenters. The molecule has 0 aliphatic carbocycles. The van der Waals surface area contributed by atoms with Crippen LogP contribution >= 0.6 is 0 Å². The molecule has 0 unspecified atom stereocenters. The van der Waals surface area contributed by atoms with Gasteiger partial charge in [-0.2, -0.15) is 0 Å². The number of rotatable bonds is 1. The SMILES string of the molecule is C[C@H]1Oc2ccccc2O[C@@H]1C(=O)N1CC2(COC(C)(C)OC2)C1. The molecule has 24 heavy (non-hydrogen) atoms. The zero-order chi connectivity index (χ0) is 16.9. The van der Waals surface area contributed by atoms with Crippen LogP contribution in [-0.4, -0.2) is 55.1 Å². The number of carbonyl (C=O) groups is 1. The quantitative estimate of drug-likeness (QED) is 0.785. The molecule has 1 aromatic carbocycles. The third-order valence-electron chi connectivity index (χ3n) is 4.90. The summed E-state index contributed by atoms with van der Waals surface area (Å²) in [7, 11) is 0. The fraction of sp³-hybridized carbons (Fsp3) is 0.611. The number of likely N-dealkylation sites (tertiary alicyclic amines) is 1. The molecular weight excluding hydrogens is 310 g/mol. The van der Waals surface area contributed by atoms with Crippen LogP contribution in [0.2, 0.25) is 0 Å². The van der Waals surface area contributed by atoms with Crippen molar-refractivity contribution in [1.29, 1.82) is 0 Å². The molecule has 0 aromatic heterocycles. The van der Waals surface area contributed by atoms with Gasteiger partial charge in [0.05, 0.1) is 18.6 Å². The van der Waals surface area contributed by atoms with Gasteiger partial charge in [0.1, 0.15) is 6.10 Å². The minimum Gasteiger partial charge on any atom is -0.482 e. The Hall–Kier alpha value is -1.79. The summed E-state index contributed by atoms with van der Waals surface area (Å²) in [6, 6.07) is 7.44. The number of fused-ring (bicyclic) bond motifs is 1. The van der Waals surface area contributed by atoms with E-state index in [-0.39, 0.29) is 17.4 Å². The summed E-state index contributed by atoms with van der Waals surface area (Å²) >= 11 is 0. The molecule has 6 heteroatoms. The van der Waals surface area contributed by atoms with E-state index in [1.54, 1.807) is 0 Å². The van der Waals surface area contributed by atoms with E-state index in [9.17, 15) is 4.79 Å². The fourth-order valence-electron chi connectivity index (χ4n) is 3.41. The maximum atomic E-state index is 12.8. The van der Waals surface area contributed by atoms with Gasteiger partial charge in [-0.25, -0.2) is 0 Å². The van der Waals surface area contributed by atoms with Gasteiger partial charge < -0.3 is 23.8 Å². The fourth-order valence-corrected chi connectivity index (χ4v) is 3.41. The molecule has 1 amide bonds. The maximum Gasteiger partial charge on any atom is 0.267 e. The average molecular weight is 333 g/mol. The van der Waals surface area contributed by atoms with Crippen LogP contribution < -0.4 is 9.47 Å². The Morgan fingerprint density at radius 3 is 2.29 bits per heavy atom. The van der Waals surface area contributed by atoms with Gasteiger partial charge in [-0.15, -0.1) is 0 Å². The van der Waals surface area contributed by atoms with Gasteiger partial charge >= 0.3 is 0 Å². The summed E-state index contributed by atoms with van der Waals surface area (Å²) in [5, 5.41) is 0. The molecular formula is C18H23NO5. The molecule has 4 rings (SSSR count). The zero-order valence-electron chi connectivity index (χ0n) is 14.3. The van der Waals surface area contributed by atoms with E-state index >= 15 is 0 Å². The zero-order valence-corrected chi connectivity index (χ0v) is 14.3. The molecule has 2 saturated heterocycles. The molecule has 0 radical (unpaired) electrons. The van der Waals surface area contributed by atoms with E-state index in [0.29, 0.717) is 37.8 Å². The van der Waals surface area contributed by atoms with Gasteiger partial charge in [0.25, 0.3) is 5.91 Å². The summed E-state index contributed by atoms with van der Waals surface area (Å²) in [5.74, 6) is 0.738. The second kappa shape index (κ2) is 5.36. The van der Waals surface area contributed by atoms with E-state index in [1.807, 2.05) is 49.9 Å². The highest BCUT2D eigenvalue weighted by molar-refractivity contribution is 5.83. The Balaban J connectivity index is 1.40. The molecule has 3 heterocycles. The van der Waals surface area contributed by atoms with Crippen molar-refractivity contribution >= 4 is 5.91 Å². The minimum atomic E-state index is -0.612. The topological polar surface area (TPSA) is 57.2 Å². The first-order chi connectivity index (χ1) is 11.4. The van der Waals surface area contributed by atoms with Gasteiger partial charge in [-0.3, -0.25) is 4.79 Å². The van der Waals surface area contributed by atoms with Gasteiger partial charge in [-0.05, 0) is 32.9 Å². The number of benzene rings is 1. The molecule has 2 fully saturated rings. The van der Waals surface area contributed by atoms with Gasteiger partial charge in [0.2, 0.25) is 6.10 Å². The summed E-state index contributed by atoms with van der Waals surface area (Å²) in [4.78, 5) is 14.6. The Morgan fingerprint density at radius 1 is 1.08 bits per heavy atom.